The van der Waals surface area contributed by atoms with Gasteiger partial charge in [0.15, 0.2) is 5.13 Å². The van der Waals surface area contributed by atoms with Crippen LogP contribution in [-0.2, 0) is 9.59 Å². The average molecular weight is 291 g/mol. The lowest BCUT2D eigenvalue weighted by molar-refractivity contribution is -0.310. The summed E-state index contributed by atoms with van der Waals surface area (Å²) < 4.78 is 6.03. The first-order valence-electron chi connectivity index (χ1n) is 6.04. The van der Waals surface area contributed by atoms with Crippen LogP contribution in [0.1, 0.15) is 6.42 Å². The van der Waals surface area contributed by atoms with Crippen LogP contribution < -0.4 is 14.7 Å². The second-order valence-corrected chi connectivity index (χ2v) is 5.56. The molecule has 1 aliphatic rings. The number of methoxy groups -OCH3 is 1. The monoisotopic (exact) mass is 291 g/mol. The summed E-state index contributed by atoms with van der Waals surface area (Å²) in [6, 6.07) is 5.44. The Labute approximate surface area is 118 Å². The SMILES string of the molecule is COc1ccc2nc(N3C[C@H](C(=O)[O-])CC3=O)sc2c1. The maximum Gasteiger partial charge on any atom is 0.229 e. The Morgan fingerprint density at radius 3 is 3.00 bits per heavy atom. The number of fused-ring (bicyclic) bond motifs is 1. The van der Waals surface area contributed by atoms with E-state index in [0.29, 0.717) is 10.9 Å². The first-order valence-corrected chi connectivity index (χ1v) is 6.86. The number of rotatable bonds is 3. The molecule has 6 nitrogen and oxygen atoms in total. The fourth-order valence-electron chi connectivity index (χ4n) is 2.19. The van der Waals surface area contributed by atoms with Gasteiger partial charge in [-0.3, -0.25) is 9.69 Å². The molecule has 0 saturated carbocycles. The van der Waals surface area contributed by atoms with Gasteiger partial charge in [-0.1, -0.05) is 11.3 Å². The molecule has 1 aliphatic heterocycles. The summed E-state index contributed by atoms with van der Waals surface area (Å²) in [4.78, 5) is 28.5. The number of nitrogens with zero attached hydrogens (tertiary/aromatic N) is 2. The molecule has 1 aromatic heterocycles. The zero-order valence-electron chi connectivity index (χ0n) is 10.7. The van der Waals surface area contributed by atoms with Crippen LogP contribution in [0.2, 0.25) is 0 Å². The van der Waals surface area contributed by atoms with Crippen molar-refractivity contribution in [3.05, 3.63) is 18.2 Å². The summed E-state index contributed by atoms with van der Waals surface area (Å²) in [5, 5.41) is 11.4. The maximum absolute atomic E-state index is 11.9. The molecule has 1 amide bonds. The molecule has 1 aromatic carbocycles. The van der Waals surface area contributed by atoms with Gasteiger partial charge in [-0.2, -0.15) is 0 Å². The van der Waals surface area contributed by atoms with E-state index in [1.54, 1.807) is 13.2 Å². The minimum absolute atomic E-state index is 0.0262. The molecule has 104 valence electrons. The number of anilines is 1. The maximum atomic E-state index is 11.9. The molecule has 0 spiro atoms. The van der Waals surface area contributed by atoms with E-state index < -0.39 is 11.9 Å². The van der Waals surface area contributed by atoms with E-state index in [2.05, 4.69) is 4.98 Å². The largest absolute Gasteiger partial charge is 0.550 e. The number of carboxylic acids is 1. The van der Waals surface area contributed by atoms with Crippen LogP contribution in [0, 0.1) is 5.92 Å². The van der Waals surface area contributed by atoms with Crippen LogP contribution in [0.5, 0.6) is 5.75 Å². The van der Waals surface area contributed by atoms with Crippen molar-refractivity contribution < 1.29 is 19.4 Å². The van der Waals surface area contributed by atoms with E-state index in [0.717, 1.165) is 10.2 Å². The third-order valence-corrected chi connectivity index (χ3v) is 4.31. The highest BCUT2D eigenvalue weighted by Crippen LogP contribution is 2.34. The molecule has 0 unspecified atom stereocenters. The number of thiazole rings is 1. The fourth-order valence-corrected chi connectivity index (χ4v) is 3.21. The van der Waals surface area contributed by atoms with Gasteiger partial charge in [0.1, 0.15) is 5.75 Å². The summed E-state index contributed by atoms with van der Waals surface area (Å²) in [5.41, 5.74) is 0.760. The highest BCUT2D eigenvalue weighted by atomic mass is 32.1. The van der Waals surface area contributed by atoms with Crippen LogP contribution in [-0.4, -0.2) is 30.5 Å². The number of benzene rings is 1. The number of carboxylic acid groups (broad SMARTS) is 1. The summed E-state index contributed by atoms with van der Waals surface area (Å²) in [5.74, 6) is -1.47. The van der Waals surface area contributed by atoms with Crippen molar-refractivity contribution in [1.29, 1.82) is 0 Å². The minimum Gasteiger partial charge on any atom is -0.550 e. The predicted octanol–water partition coefficient (Wildman–Crippen LogP) is 0.408. The Hall–Kier alpha value is -2.15. The predicted molar refractivity (Wildman–Crippen MR) is 71.6 cm³/mol. The van der Waals surface area contributed by atoms with Gasteiger partial charge in [0.25, 0.3) is 0 Å². The summed E-state index contributed by atoms with van der Waals surface area (Å²) in [7, 11) is 1.58. The average Bonchev–Trinajstić information content (AvgIpc) is 3.00. The number of amides is 1. The van der Waals surface area contributed by atoms with E-state index in [1.807, 2.05) is 12.1 Å². The second kappa shape index (κ2) is 4.75. The normalized spacial score (nSPS) is 18.8. The zero-order chi connectivity index (χ0) is 14.3. The number of ether oxygens (including phenoxy) is 1. The molecule has 0 aliphatic carbocycles. The Morgan fingerprint density at radius 1 is 1.55 bits per heavy atom. The molecule has 1 atom stereocenters. The van der Waals surface area contributed by atoms with E-state index in [9.17, 15) is 14.7 Å². The van der Waals surface area contributed by atoms with Gasteiger partial charge in [-0.25, -0.2) is 4.98 Å². The van der Waals surface area contributed by atoms with Crippen LogP contribution in [0.3, 0.4) is 0 Å². The van der Waals surface area contributed by atoms with Gasteiger partial charge in [-0.15, -0.1) is 0 Å². The van der Waals surface area contributed by atoms with E-state index >= 15 is 0 Å². The topological polar surface area (TPSA) is 82.6 Å². The van der Waals surface area contributed by atoms with Crippen LogP contribution in [0.4, 0.5) is 5.13 Å². The van der Waals surface area contributed by atoms with E-state index in [-0.39, 0.29) is 18.9 Å². The Morgan fingerprint density at radius 2 is 2.35 bits per heavy atom. The highest BCUT2D eigenvalue weighted by molar-refractivity contribution is 7.22. The molecule has 1 saturated heterocycles. The molecular weight excluding hydrogens is 280 g/mol. The molecular formula is C13H11N2O4S-. The Bertz CT molecular complexity index is 697. The minimum atomic E-state index is -1.19. The second-order valence-electron chi connectivity index (χ2n) is 4.55. The van der Waals surface area contributed by atoms with E-state index in [1.165, 1.54) is 16.2 Å². The molecule has 20 heavy (non-hydrogen) atoms. The Kier molecular flexibility index (Phi) is 3.06. The molecule has 0 N–H and O–H groups in total. The van der Waals surface area contributed by atoms with Crippen molar-refractivity contribution in [2.45, 2.75) is 6.42 Å². The molecule has 1 fully saturated rings. The summed E-state index contributed by atoms with van der Waals surface area (Å²) in [6.07, 6.45) is -0.0262. The Balaban J connectivity index is 1.94. The van der Waals surface area contributed by atoms with Crippen molar-refractivity contribution in [1.82, 2.24) is 4.98 Å². The van der Waals surface area contributed by atoms with Crippen LogP contribution >= 0.6 is 11.3 Å². The van der Waals surface area contributed by atoms with Crippen molar-refractivity contribution in [2.75, 3.05) is 18.6 Å². The quantitative estimate of drug-likeness (QED) is 0.818. The van der Waals surface area contributed by atoms with Crippen LogP contribution in [0.15, 0.2) is 18.2 Å². The number of aliphatic carboxylic acids is 1. The van der Waals surface area contributed by atoms with Gasteiger partial charge < -0.3 is 14.6 Å². The first-order chi connectivity index (χ1) is 9.58. The van der Waals surface area contributed by atoms with Crippen molar-refractivity contribution in [3.8, 4) is 5.75 Å². The van der Waals surface area contributed by atoms with Crippen LogP contribution in [0.25, 0.3) is 10.2 Å². The molecule has 3 rings (SSSR count). The molecule has 0 bridgehead atoms. The third-order valence-electron chi connectivity index (χ3n) is 3.27. The van der Waals surface area contributed by atoms with Crippen molar-refractivity contribution in [2.24, 2.45) is 5.92 Å². The number of hydrogen-bond acceptors (Lipinski definition) is 6. The lowest BCUT2D eigenvalue weighted by Gasteiger charge is -2.13. The fraction of sp³-hybridized carbons (Fsp3) is 0.308. The third kappa shape index (κ3) is 2.09. The summed E-state index contributed by atoms with van der Waals surface area (Å²) >= 11 is 1.34. The van der Waals surface area contributed by atoms with Crippen molar-refractivity contribution >= 4 is 38.6 Å². The molecule has 2 heterocycles. The lowest BCUT2D eigenvalue weighted by Crippen LogP contribution is -2.33. The van der Waals surface area contributed by atoms with Gasteiger partial charge in [0.05, 0.1) is 17.3 Å². The molecule has 7 heteroatoms. The van der Waals surface area contributed by atoms with Gasteiger partial charge >= 0.3 is 0 Å². The van der Waals surface area contributed by atoms with Gasteiger partial charge in [-0.05, 0) is 18.2 Å². The molecule has 2 aromatic rings. The van der Waals surface area contributed by atoms with E-state index in [4.69, 9.17) is 4.74 Å². The standard InChI is InChI=1S/C13H12N2O4S/c1-19-8-2-3-9-10(5-8)20-13(14-9)15-6-7(12(17)18)4-11(15)16/h2-3,5,7H,4,6H2,1H3,(H,17,18)/p-1/t7-/m1/s1. The summed E-state index contributed by atoms with van der Waals surface area (Å²) in [6.45, 7) is 0.123. The lowest BCUT2D eigenvalue weighted by atomic mass is 10.1. The van der Waals surface area contributed by atoms with Gasteiger partial charge in [0.2, 0.25) is 5.91 Å². The van der Waals surface area contributed by atoms with Crippen molar-refractivity contribution in [3.63, 3.8) is 0 Å². The zero-order valence-corrected chi connectivity index (χ0v) is 11.5. The number of aromatic nitrogens is 1. The first kappa shape index (κ1) is 12.9. The smallest absolute Gasteiger partial charge is 0.229 e. The number of carbonyl (C=O) groups is 2. The van der Waals surface area contributed by atoms with Gasteiger partial charge in [0, 0.05) is 24.9 Å². The molecule has 0 radical (unpaired) electrons. The highest BCUT2D eigenvalue weighted by Gasteiger charge is 2.33. The number of hydrogen-bond donors (Lipinski definition) is 0. The number of carbonyl (C=O) groups excluding carboxylic acids is 2.